The summed E-state index contributed by atoms with van der Waals surface area (Å²) in [6, 6.07) is 54.7. The van der Waals surface area contributed by atoms with Crippen molar-refractivity contribution in [1.82, 2.24) is 4.98 Å². The number of hydrogen-bond acceptors (Lipinski definition) is 3. The van der Waals surface area contributed by atoms with Crippen LogP contribution in [0.4, 0.5) is 17.1 Å². The van der Waals surface area contributed by atoms with Gasteiger partial charge >= 0.3 is 0 Å². The first-order chi connectivity index (χ1) is 21.8. The minimum atomic E-state index is 1.08. The van der Waals surface area contributed by atoms with E-state index in [9.17, 15) is 0 Å². The van der Waals surface area contributed by atoms with Gasteiger partial charge in [0.15, 0.2) is 0 Å². The quantitative estimate of drug-likeness (QED) is 0.193. The molecule has 0 aliphatic rings. The molecule has 2 aromatic heterocycles. The molecule has 0 N–H and O–H groups in total. The van der Waals surface area contributed by atoms with Crippen LogP contribution in [-0.4, -0.2) is 4.98 Å². The van der Waals surface area contributed by atoms with Crippen molar-refractivity contribution in [2.75, 3.05) is 4.90 Å². The highest BCUT2D eigenvalue weighted by Crippen LogP contribution is 2.40. The van der Waals surface area contributed by atoms with Gasteiger partial charge in [-0.2, -0.15) is 0 Å². The molecule has 206 valence electrons. The third kappa shape index (κ3) is 4.05. The van der Waals surface area contributed by atoms with E-state index < -0.39 is 0 Å². The first-order valence-electron chi connectivity index (χ1n) is 14.9. The van der Waals surface area contributed by atoms with Crippen molar-refractivity contribution in [3.63, 3.8) is 0 Å². The van der Waals surface area contributed by atoms with Crippen LogP contribution in [0.25, 0.3) is 63.7 Å². The highest BCUT2D eigenvalue weighted by Gasteiger charge is 2.15. The van der Waals surface area contributed by atoms with Crippen LogP contribution in [0.1, 0.15) is 0 Å². The molecule has 44 heavy (non-hydrogen) atoms. The van der Waals surface area contributed by atoms with E-state index in [0.717, 1.165) is 33.7 Å². The van der Waals surface area contributed by atoms with Crippen LogP contribution in [0.3, 0.4) is 0 Å². The van der Waals surface area contributed by atoms with Crippen molar-refractivity contribution < 1.29 is 0 Å². The van der Waals surface area contributed by atoms with Crippen molar-refractivity contribution in [2.45, 2.75) is 0 Å². The molecule has 0 amide bonds. The first kappa shape index (κ1) is 25.0. The molecule has 0 spiro atoms. The summed E-state index contributed by atoms with van der Waals surface area (Å²) in [6.07, 6.45) is 2.00. The fourth-order valence-corrected chi connectivity index (χ4v) is 7.64. The maximum absolute atomic E-state index is 4.87. The minimum absolute atomic E-state index is 1.08. The van der Waals surface area contributed by atoms with E-state index >= 15 is 0 Å². The Morgan fingerprint density at radius 3 is 1.89 bits per heavy atom. The zero-order valence-electron chi connectivity index (χ0n) is 23.8. The van der Waals surface area contributed by atoms with Crippen LogP contribution in [0.15, 0.2) is 158 Å². The van der Waals surface area contributed by atoms with E-state index in [0.29, 0.717) is 0 Å². The largest absolute Gasteiger partial charge is 0.310 e. The molecule has 2 heterocycles. The number of benzene rings is 7. The summed E-state index contributed by atoms with van der Waals surface area (Å²) in [6.45, 7) is 0. The molecule has 9 rings (SSSR count). The number of aromatic nitrogens is 1. The molecule has 0 aliphatic heterocycles. The lowest BCUT2D eigenvalue weighted by molar-refractivity contribution is 1.29. The Bertz CT molecular complexity index is 2490. The van der Waals surface area contributed by atoms with Gasteiger partial charge in [0.1, 0.15) is 0 Å². The molecule has 0 aliphatic carbocycles. The van der Waals surface area contributed by atoms with Gasteiger partial charge in [-0.05, 0) is 86.4 Å². The predicted molar refractivity (Wildman–Crippen MR) is 190 cm³/mol. The van der Waals surface area contributed by atoms with Crippen LogP contribution >= 0.6 is 11.3 Å². The third-order valence-electron chi connectivity index (χ3n) is 8.67. The fraction of sp³-hybridized carbons (Fsp3) is 0. The molecule has 0 bridgehead atoms. The molecule has 3 heteroatoms. The van der Waals surface area contributed by atoms with E-state index in [1.165, 1.54) is 47.1 Å². The lowest BCUT2D eigenvalue weighted by Crippen LogP contribution is -2.09. The third-order valence-corrected chi connectivity index (χ3v) is 9.78. The van der Waals surface area contributed by atoms with Gasteiger partial charge in [-0.3, -0.25) is 4.98 Å². The van der Waals surface area contributed by atoms with Crippen molar-refractivity contribution in [3.8, 4) is 11.1 Å². The Morgan fingerprint density at radius 1 is 0.409 bits per heavy atom. The summed E-state index contributed by atoms with van der Waals surface area (Å²) in [7, 11) is 0. The Balaban J connectivity index is 1.13. The van der Waals surface area contributed by atoms with E-state index in [-0.39, 0.29) is 0 Å². The van der Waals surface area contributed by atoms with E-state index in [4.69, 9.17) is 4.98 Å². The first-order valence-corrected chi connectivity index (χ1v) is 15.7. The maximum Gasteiger partial charge on any atom is 0.0888 e. The summed E-state index contributed by atoms with van der Waals surface area (Å²) < 4.78 is 2.49. The van der Waals surface area contributed by atoms with E-state index in [2.05, 4.69) is 157 Å². The number of rotatable bonds is 4. The zero-order chi connectivity index (χ0) is 29.0. The second-order valence-electron chi connectivity index (χ2n) is 11.2. The highest BCUT2D eigenvalue weighted by molar-refractivity contribution is 7.25. The number of fused-ring (bicyclic) bond motifs is 8. The summed E-state index contributed by atoms with van der Waals surface area (Å²) in [5, 5.41) is 8.87. The van der Waals surface area contributed by atoms with Crippen LogP contribution in [0.2, 0.25) is 0 Å². The number of para-hydroxylation sites is 1. The molecule has 7 aromatic carbocycles. The number of hydrogen-bond donors (Lipinski definition) is 0. The van der Waals surface area contributed by atoms with Gasteiger partial charge in [0.05, 0.1) is 10.2 Å². The SMILES string of the molecule is c1ccc(N(c2ccc(-c3cnc4c(c3)sc3ccccc34)cc2)c2ccc3c(ccc4c5ccccc5ccc34)c2)cc1. The van der Waals surface area contributed by atoms with Gasteiger partial charge in [0, 0.05) is 38.9 Å². The standard InChI is InChI=1S/C41H26N2S/c1-2-9-31(10-3-1)43(33-20-23-35-29(24-33)17-22-36-34-11-5-4-8-28(34)16-21-37(35)36)32-18-14-27(15-19-32)30-25-40-41(42-26-30)38-12-6-7-13-39(38)44-40/h1-26H. The van der Waals surface area contributed by atoms with Crippen molar-refractivity contribution >= 4 is 81.0 Å². The maximum atomic E-state index is 4.87. The molecule has 0 fully saturated rings. The Labute approximate surface area is 259 Å². The number of anilines is 3. The zero-order valence-corrected chi connectivity index (χ0v) is 24.6. The van der Waals surface area contributed by atoms with Gasteiger partial charge in [0.25, 0.3) is 0 Å². The van der Waals surface area contributed by atoms with Gasteiger partial charge in [0.2, 0.25) is 0 Å². The second-order valence-corrected chi connectivity index (χ2v) is 12.3. The molecule has 0 saturated heterocycles. The van der Waals surface area contributed by atoms with Crippen molar-refractivity contribution in [2.24, 2.45) is 0 Å². The number of nitrogens with zero attached hydrogens (tertiary/aromatic N) is 2. The van der Waals surface area contributed by atoms with Gasteiger partial charge in [-0.1, -0.05) is 103 Å². The van der Waals surface area contributed by atoms with Crippen molar-refractivity contribution in [3.05, 3.63) is 158 Å². The highest BCUT2D eigenvalue weighted by atomic mass is 32.1. The molecular weight excluding hydrogens is 553 g/mol. The van der Waals surface area contributed by atoms with E-state index in [1.807, 2.05) is 6.20 Å². The van der Waals surface area contributed by atoms with Crippen molar-refractivity contribution in [1.29, 1.82) is 0 Å². The molecule has 0 unspecified atom stereocenters. The molecule has 0 radical (unpaired) electrons. The summed E-state index contributed by atoms with van der Waals surface area (Å²) in [5.41, 5.74) is 6.74. The average Bonchev–Trinajstić information content (AvgIpc) is 3.47. The normalized spacial score (nSPS) is 11.6. The van der Waals surface area contributed by atoms with Gasteiger partial charge in [-0.15, -0.1) is 11.3 Å². The van der Waals surface area contributed by atoms with Crippen LogP contribution in [-0.2, 0) is 0 Å². The fourth-order valence-electron chi connectivity index (χ4n) is 6.54. The molecule has 9 aromatic rings. The monoisotopic (exact) mass is 578 g/mol. The summed E-state index contributed by atoms with van der Waals surface area (Å²) >= 11 is 1.80. The topological polar surface area (TPSA) is 16.1 Å². The summed E-state index contributed by atoms with van der Waals surface area (Å²) in [5.74, 6) is 0. The molecule has 0 saturated carbocycles. The van der Waals surface area contributed by atoms with Crippen LogP contribution in [0, 0.1) is 0 Å². The van der Waals surface area contributed by atoms with Gasteiger partial charge in [-0.25, -0.2) is 0 Å². The average molecular weight is 579 g/mol. The van der Waals surface area contributed by atoms with Crippen LogP contribution in [0.5, 0.6) is 0 Å². The number of thiophene rings is 1. The summed E-state index contributed by atoms with van der Waals surface area (Å²) in [4.78, 5) is 7.20. The smallest absolute Gasteiger partial charge is 0.0888 e. The Morgan fingerprint density at radius 2 is 1.05 bits per heavy atom. The predicted octanol–water partition coefficient (Wildman–Crippen LogP) is 12.0. The number of pyridine rings is 1. The lowest BCUT2D eigenvalue weighted by Gasteiger charge is -2.26. The van der Waals surface area contributed by atoms with Crippen LogP contribution < -0.4 is 4.90 Å². The van der Waals surface area contributed by atoms with Gasteiger partial charge < -0.3 is 4.90 Å². The minimum Gasteiger partial charge on any atom is -0.310 e. The Hall–Kier alpha value is -5.51. The molecule has 0 atom stereocenters. The molecular formula is C41H26N2S. The second kappa shape index (κ2) is 10.0. The van der Waals surface area contributed by atoms with E-state index in [1.54, 1.807) is 11.3 Å². The molecule has 2 nitrogen and oxygen atoms in total. The lowest BCUT2D eigenvalue weighted by atomic mass is 9.96. The Kier molecular flexibility index (Phi) is 5.71.